The fourth-order valence-corrected chi connectivity index (χ4v) is 6.62. The molecule has 4 rings (SSSR count). The third-order valence-corrected chi connectivity index (χ3v) is 8.34. The summed E-state index contributed by atoms with van der Waals surface area (Å²) in [5.41, 5.74) is 4.29. The molecule has 0 spiro atoms. The van der Waals surface area contributed by atoms with Gasteiger partial charge in [-0.15, -0.1) is 0 Å². The molecular formula is C30H34BrN3O5S. The van der Waals surface area contributed by atoms with Crippen molar-refractivity contribution >= 4 is 43.1 Å². The van der Waals surface area contributed by atoms with Crippen LogP contribution >= 0.6 is 15.9 Å². The molecule has 2 aliphatic rings. The molecule has 1 aliphatic carbocycles. The van der Waals surface area contributed by atoms with Crippen LogP contribution in [-0.2, 0) is 21.4 Å². The number of sulfonamides is 1. The van der Waals surface area contributed by atoms with E-state index in [9.17, 15) is 18.5 Å². The minimum absolute atomic E-state index is 0.0735. The van der Waals surface area contributed by atoms with E-state index in [-0.39, 0.29) is 18.3 Å². The molecule has 0 fully saturated rings. The van der Waals surface area contributed by atoms with E-state index in [0.717, 1.165) is 48.1 Å². The highest BCUT2D eigenvalue weighted by Gasteiger charge is 2.41. The quantitative estimate of drug-likeness (QED) is 0.320. The highest BCUT2D eigenvalue weighted by Crippen LogP contribution is 2.48. The second-order valence-corrected chi connectivity index (χ2v) is 12.9. The number of nitrogens with one attached hydrogen (secondary N) is 1. The van der Waals surface area contributed by atoms with Gasteiger partial charge in [-0.3, -0.25) is 14.5 Å². The number of carbonyl (C=O) groups excluding carboxylic acids is 1. The van der Waals surface area contributed by atoms with Crippen molar-refractivity contribution in [3.05, 3.63) is 63.3 Å². The first-order valence-corrected chi connectivity index (χ1v) is 16.1. The Morgan fingerprint density at radius 1 is 1.15 bits per heavy atom. The summed E-state index contributed by atoms with van der Waals surface area (Å²) < 4.78 is 38.2. The Kier molecular flexibility index (Phi) is 9.37. The van der Waals surface area contributed by atoms with Gasteiger partial charge in [0.1, 0.15) is 6.61 Å². The Balaban J connectivity index is 1.66. The molecule has 3 unspecified atom stereocenters. The van der Waals surface area contributed by atoms with Crippen LogP contribution in [0.1, 0.15) is 63.5 Å². The number of allylic oxidation sites excluding steroid dienone is 2. The van der Waals surface area contributed by atoms with Crippen molar-refractivity contribution in [2.45, 2.75) is 59.0 Å². The van der Waals surface area contributed by atoms with Gasteiger partial charge in [0.05, 0.1) is 29.3 Å². The predicted octanol–water partition coefficient (Wildman–Crippen LogP) is 6.53. The molecule has 1 N–H and O–H groups in total. The topological polar surface area (TPSA) is 118 Å². The summed E-state index contributed by atoms with van der Waals surface area (Å²) in [6, 6.07) is 13.1. The Labute approximate surface area is 244 Å². The van der Waals surface area contributed by atoms with Gasteiger partial charge in [0.15, 0.2) is 17.3 Å². The number of halogens is 1. The number of anilines is 1. The molecule has 3 atom stereocenters. The molecule has 0 amide bonds. The molecule has 1 heterocycles. The summed E-state index contributed by atoms with van der Waals surface area (Å²) in [4.78, 5) is 18.2. The summed E-state index contributed by atoms with van der Waals surface area (Å²) in [5.74, 6) is 0.373. The third kappa shape index (κ3) is 6.76. The molecule has 2 aromatic carbocycles. The van der Waals surface area contributed by atoms with E-state index in [2.05, 4.69) is 33.6 Å². The van der Waals surface area contributed by atoms with Crippen LogP contribution in [0.25, 0.3) is 0 Å². The summed E-state index contributed by atoms with van der Waals surface area (Å²) in [7, 11) is -3.36. The molecular weight excluding hydrogens is 594 g/mol. The molecule has 0 saturated carbocycles. The summed E-state index contributed by atoms with van der Waals surface area (Å²) in [5, 5.41) is 10.1. The number of Topliss-reactive ketones (excluding diaryl/α,β-unsaturated/α-hetero) is 1. The lowest BCUT2D eigenvalue weighted by Gasteiger charge is -2.35. The maximum absolute atomic E-state index is 13.4. The van der Waals surface area contributed by atoms with Crippen molar-refractivity contribution < 1.29 is 22.7 Å². The largest absolute Gasteiger partial charge is 0.490 e. The average molecular weight is 629 g/mol. The number of nitrogens with zero attached hydrogens (tertiary/aromatic N) is 2. The predicted molar refractivity (Wildman–Crippen MR) is 159 cm³/mol. The smallest absolute Gasteiger partial charge is 0.229 e. The van der Waals surface area contributed by atoms with E-state index in [4.69, 9.17) is 14.5 Å². The van der Waals surface area contributed by atoms with E-state index in [1.54, 1.807) is 24.3 Å². The normalized spacial score (nSPS) is 20.9. The molecule has 212 valence electrons. The van der Waals surface area contributed by atoms with Gasteiger partial charge in [-0.2, -0.15) is 5.26 Å². The van der Waals surface area contributed by atoms with Gasteiger partial charge >= 0.3 is 0 Å². The van der Waals surface area contributed by atoms with Crippen LogP contribution in [-0.4, -0.2) is 32.8 Å². The first kappa shape index (κ1) is 29.8. The average Bonchev–Trinajstić information content (AvgIpc) is 2.87. The summed E-state index contributed by atoms with van der Waals surface area (Å²) >= 11 is 3.65. The zero-order chi connectivity index (χ0) is 29.0. The number of ether oxygens (including phenoxy) is 2. The van der Waals surface area contributed by atoms with Crippen molar-refractivity contribution in [3.63, 3.8) is 0 Å². The number of hydrogen-bond acceptors (Lipinski definition) is 7. The maximum Gasteiger partial charge on any atom is 0.229 e. The van der Waals surface area contributed by atoms with Crippen LogP contribution in [0.4, 0.5) is 5.69 Å². The molecule has 0 bridgehead atoms. The number of benzene rings is 2. The maximum atomic E-state index is 13.4. The lowest BCUT2D eigenvalue weighted by atomic mass is 9.70. The van der Waals surface area contributed by atoms with Gasteiger partial charge in [-0.1, -0.05) is 25.5 Å². The second kappa shape index (κ2) is 12.6. The van der Waals surface area contributed by atoms with E-state index in [0.29, 0.717) is 40.3 Å². The number of aliphatic imine (C=N–C) groups is 1. The molecule has 10 heteroatoms. The van der Waals surface area contributed by atoms with Crippen LogP contribution in [0.2, 0.25) is 0 Å². The van der Waals surface area contributed by atoms with Crippen LogP contribution in [0, 0.1) is 23.2 Å². The zero-order valence-electron chi connectivity index (χ0n) is 23.2. The van der Waals surface area contributed by atoms with Gasteiger partial charge in [-0.25, -0.2) is 8.42 Å². The number of nitriles is 1. The molecule has 2 aromatic rings. The first-order valence-electron chi connectivity index (χ1n) is 13.4. The minimum atomic E-state index is -3.36. The van der Waals surface area contributed by atoms with E-state index >= 15 is 0 Å². The molecule has 0 saturated heterocycles. The summed E-state index contributed by atoms with van der Waals surface area (Å²) in [6.07, 6.45) is 4.33. The molecule has 8 nitrogen and oxygen atoms in total. The zero-order valence-corrected chi connectivity index (χ0v) is 25.6. The van der Waals surface area contributed by atoms with Gasteiger partial charge < -0.3 is 9.47 Å². The Morgan fingerprint density at radius 2 is 1.88 bits per heavy atom. The van der Waals surface area contributed by atoms with E-state index in [1.165, 1.54) is 0 Å². The molecule has 40 heavy (non-hydrogen) atoms. The van der Waals surface area contributed by atoms with Crippen LogP contribution < -0.4 is 14.2 Å². The lowest BCUT2D eigenvalue weighted by Crippen LogP contribution is -2.32. The fraction of sp³-hybridized carbons (Fsp3) is 0.433. The van der Waals surface area contributed by atoms with Crippen LogP contribution in [0.15, 0.2) is 57.1 Å². The van der Waals surface area contributed by atoms with Crippen molar-refractivity contribution in [2.24, 2.45) is 16.8 Å². The molecule has 0 radical (unpaired) electrons. The van der Waals surface area contributed by atoms with Crippen molar-refractivity contribution in [3.8, 4) is 17.6 Å². The Morgan fingerprint density at radius 3 is 2.50 bits per heavy atom. The van der Waals surface area contributed by atoms with E-state index in [1.807, 2.05) is 26.0 Å². The highest BCUT2D eigenvalue weighted by molar-refractivity contribution is 9.10. The number of carbonyl (C=O) groups is 1. The SMILES string of the molecule is CCCC1CC(=O)C2=C(C1)N=C(C)C(C#N)C2c1cc(Br)c(OCc2ccc(NS(C)(=O)=O)cc2)c(OCC)c1. The van der Waals surface area contributed by atoms with Gasteiger partial charge in [0.2, 0.25) is 10.0 Å². The van der Waals surface area contributed by atoms with Crippen LogP contribution in [0.5, 0.6) is 11.5 Å². The van der Waals surface area contributed by atoms with Crippen molar-refractivity contribution in [1.82, 2.24) is 0 Å². The fourth-order valence-electron chi connectivity index (χ4n) is 5.49. The highest BCUT2D eigenvalue weighted by atomic mass is 79.9. The monoisotopic (exact) mass is 627 g/mol. The number of ketones is 1. The van der Waals surface area contributed by atoms with Gasteiger partial charge in [0, 0.05) is 35.0 Å². The van der Waals surface area contributed by atoms with Gasteiger partial charge in [0.25, 0.3) is 0 Å². The van der Waals surface area contributed by atoms with Crippen LogP contribution in [0.3, 0.4) is 0 Å². The number of hydrogen-bond donors (Lipinski definition) is 1. The van der Waals surface area contributed by atoms with Gasteiger partial charge in [-0.05, 0) is 83.9 Å². The Bertz CT molecular complexity index is 1490. The lowest BCUT2D eigenvalue weighted by molar-refractivity contribution is -0.117. The van der Waals surface area contributed by atoms with Crippen molar-refractivity contribution in [1.29, 1.82) is 5.26 Å². The minimum Gasteiger partial charge on any atom is -0.490 e. The Hall–Kier alpha value is -3.16. The molecule has 1 aliphatic heterocycles. The first-order chi connectivity index (χ1) is 19.0. The standard InChI is InChI=1S/C30H34BrN3O5S/c1-5-7-20-12-25-29(26(35)13-20)28(23(16-32)18(3)33-25)21-14-24(31)30(27(15-21)38-6-2)39-17-19-8-10-22(11-9-19)34-40(4,36)37/h8-11,14-15,20,23,28,34H,5-7,12-13,17H2,1-4H3. The van der Waals surface area contributed by atoms with E-state index < -0.39 is 21.9 Å². The third-order valence-electron chi connectivity index (χ3n) is 7.14. The number of rotatable bonds is 10. The van der Waals surface area contributed by atoms with Crippen molar-refractivity contribution in [2.75, 3.05) is 17.6 Å². The summed E-state index contributed by atoms with van der Waals surface area (Å²) in [6.45, 7) is 6.49. The molecule has 0 aromatic heterocycles. The second-order valence-electron chi connectivity index (χ2n) is 10.3.